The number of methoxy groups -OCH3 is 1. The second-order valence-electron chi connectivity index (χ2n) is 7.01. The molecule has 0 spiro atoms. The number of likely N-dealkylation sites (tertiary alicyclic amines) is 1. The number of aromatic nitrogens is 3. The van der Waals surface area contributed by atoms with Gasteiger partial charge < -0.3 is 20.7 Å². The minimum Gasteiger partial charge on any atom is -0.497 e. The van der Waals surface area contributed by atoms with Crippen LogP contribution in [0.1, 0.15) is 34.2 Å². The molecule has 1 aliphatic rings. The van der Waals surface area contributed by atoms with Gasteiger partial charge in [-0.05, 0) is 47.9 Å². The molecule has 2 aromatic heterocycles. The van der Waals surface area contributed by atoms with E-state index in [1.165, 1.54) is 0 Å². The Morgan fingerprint density at radius 1 is 1.28 bits per heavy atom. The average molecular weight is 394 g/mol. The average Bonchev–Trinajstić information content (AvgIpc) is 3.36. The highest BCUT2D eigenvalue weighted by Crippen LogP contribution is 2.30. The fourth-order valence-corrected chi connectivity index (χ4v) is 3.52. The fourth-order valence-electron chi connectivity index (χ4n) is 3.52. The first-order valence-corrected chi connectivity index (χ1v) is 9.30. The summed E-state index contributed by atoms with van der Waals surface area (Å²) in [5.74, 6) is 0.656. The molecule has 0 radical (unpaired) electrons. The number of carbonyl (C=O) groups is 1. The van der Waals surface area contributed by atoms with Gasteiger partial charge in [-0.1, -0.05) is 6.07 Å². The number of nitrogens with zero attached hydrogens (tertiary/aromatic N) is 4. The van der Waals surface area contributed by atoms with Crippen molar-refractivity contribution in [1.29, 1.82) is 0 Å². The Morgan fingerprint density at radius 3 is 2.90 bits per heavy atom. The summed E-state index contributed by atoms with van der Waals surface area (Å²) in [6, 6.07) is 11.8. The summed E-state index contributed by atoms with van der Waals surface area (Å²) < 4.78 is 9.82. The van der Waals surface area contributed by atoms with Crippen LogP contribution in [0.3, 0.4) is 0 Å². The number of amides is 1. The number of hydrogen-bond donors (Lipinski definition) is 2. The molecular formula is C20H22N6O3. The maximum absolute atomic E-state index is 12.6. The van der Waals surface area contributed by atoms with Gasteiger partial charge in [0.2, 0.25) is 11.5 Å². The molecule has 1 amide bonds. The molecular weight excluding hydrogens is 372 g/mol. The second kappa shape index (κ2) is 7.78. The molecule has 1 aromatic carbocycles. The van der Waals surface area contributed by atoms with Gasteiger partial charge in [-0.3, -0.25) is 9.78 Å². The molecule has 0 saturated carbocycles. The Kier molecular flexibility index (Phi) is 5.03. The van der Waals surface area contributed by atoms with Crippen LogP contribution in [0.5, 0.6) is 5.75 Å². The lowest BCUT2D eigenvalue weighted by Crippen LogP contribution is -2.29. The Bertz CT molecular complexity index is 1030. The summed E-state index contributed by atoms with van der Waals surface area (Å²) in [5, 5.41) is 10.5. The van der Waals surface area contributed by atoms with Crippen molar-refractivity contribution >= 4 is 23.1 Å². The molecule has 0 aliphatic carbocycles. The number of nitrogens with two attached hydrogens (primary N) is 1. The van der Waals surface area contributed by atoms with Crippen LogP contribution in [0.15, 0.2) is 41.0 Å². The molecule has 1 saturated heterocycles. The highest BCUT2D eigenvalue weighted by Gasteiger charge is 2.31. The first kappa shape index (κ1) is 18.7. The standard InChI is InChI=1S/C20H22N6O3/c1-12-8-15(23-14-4-3-5-16(9-14)28-2)10-17(22-12)13-6-7-26(11-13)20(27)18-19(21)25-29-24-18/h3-5,8-10,13H,6-7,11H2,1-2H3,(H2,21,25)(H,22,23)/t13-/m0/s1. The smallest absolute Gasteiger partial charge is 0.280 e. The van der Waals surface area contributed by atoms with Crippen LogP contribution in [0.4, 0.5) is 17.2 Å². The van der Waals surface area contributed by atoms with Gasteiger partial charge in [-0.15, -0.1) is 0 Å². The molecule has 3 aromatic rings. The molecule has 29 heavy (non-hydrogen) atoms. The van der Waals surface area contributed by atoms with E-state index in [9.17, 15) is 4.79 Å². The Balaban J connectivity index is 1.50. The molecule has 3 heterocycles. The van der Waals surface area contributed by atoms with Crippen LogP contribution < -0.4 is 15.8 Å². The number of carbonyl (C=O) groups excluding carboxylic acids is 1. The lowest BCUT2D eigenvalue weighted by atomic mass is 10.0. The topological polar surface area (TPSA) is 119 Å². The van der Waals surface area contributed by atoms with E-state index in [1.54, 1.807) is 12.0 Å². The molecule has 1 aliphatic heterocycles. The zero-order valence-electron chi connectivity index (χ0n) is 16.3. The number of nitrogen functional groups attached to an aromatic ring is 1. The first-order chi connectivity index (χ1) is 14.0. The highest BCUT2D eigenvalue weighted by atomic mass is 16.6. The predicted molar refractivity (Wildman–Crippen MR) is 107 cm³/mol. The normalized spacial score (nSPS) is 16.1. The maximum Gasteiger partial charge on any atom is 0.280 e. The summed E-state index contributed by atoms with van der Waals surface area (Å²) in [5.41, 5.74) is 9.42. The van der Waals surface area contributed by atoms with Gasteiger partial charge in [0.25, 0.3) is 5.91 Å². The Hall–Kier alpha value is -3.62. The van der Waals surface area contributed by atoms with E-state index in [0.29, 0.717) is 13.1 Å². The van der Waals surface area contributed by atoms with Gasteiger partial charge in [0, 0.05) is 47.8 Å². The van der Waals surface area contributed by atoms with E-state index in [2.05, 4.69) is 20.3 Å². The van der Waals surface area contributed by atoms with Crippen molar-refractivity contribution in [2.24, 2.45) is 0 Å². The SMILES string of the molecule is COc1cccc(Nc2cc(C)nc([C@H]3CCN(C(=O)c4nonc4N)C3)c2)c1. The van der Waals surface area contributed by atoms with E-state index in [0.717, 1.165) is 34.9 Å². The summed E-state index contributed by atoms with van der Waals surface area (Å²) in [6.45, 7) is 3.10. The van der Waals surface area contributed by atoms with E-state index >= 15 is 0 Å². The predicted octanol–water partition coefficient (Wildman–Crippen LogP) is 2.74. The van der Waals surface area contributed by atoms with Gasteiger partial charge in [-0.25, -0.2) is 4.63 Å². The van der Waals surface area contributed by atoms with Crippen molar-refractivity contribution in [3.05, 3.63) is 53.5 Å². The van der Waals surface area contributed by atoms with E-state index < -0.39 is 0 Å². The van der Waals surface area contributed by atoms with E-state index in [4.69, 9.17) is 15.5 Å². The van der Waals surface area contributed by atoms with Gasteiger partial charge >= 0.3 is 0 Å². The Morgan fingerprint density at radius 2 is 2.14 bits per heavy atom. The minimum absolute atomic E-state index is 0.0110. The number of nitrogens with one attached hydrogen (secondary N) is 1. The molecule has 0 unspecified atom stereocenters. The molecule has 9 nitrogen and oxygen atoms in total. The number of anilines is 3. The molecule has 9 heteroatoms. The number of aryl methyl sites for hydroxylation is 1. The lowest BCUT2D eigenvalue weighted by molar-refractivity contribution is 0.0780. The van der Waals surface area contributed by atoms with E-state index in [1.807, 2.05) is 43.3 Å². The third kappa shape index (κ3) is 3.98. The zero-order chi connectivity index (χ0) is 20.4. The first-order valence-electron chi connectivity index (χ1n) is 9.30. The molecule has 150 valence electrons. The molecule has 1 fully saturated rings. The van der Waals surface area contributed by atoms with Crippen LogP contribution in [-0.4, -0.2) is 46.3 Å². The van der Waals surface area contributed by atoms with Crippen LogP contribution in [0.25, 0.3) is 0 Å². The van der Waals surface area contributed by atoms with Crippen molar-refractivity contribution in [1.82, 2.24) is 20.2 Å². The van der Waals surface area contributed by atoms with E-state index in [-0.39, 0.29) is 23.3 Å². The maximum atomic E-state index is 12.6. The number of hydrogen-bond acceptors (Lipinski definition) is 8. The fraction of sp³-hybridized carbons (Fsp3) is 0.300. The molecule has 4 rings (SSSR count). The van der Waals surface area contributed by atoms with Crippen LogP contribution >= 0.6 is 0 Å². The number of ether oxygens (including phenoxy) is 1. The number of benzene rings is 1. The molecule has 0 bridgehead atoms. The Labute approximate surface area is 167 Å². The highest BCUT2D eigenvalue weighted by molar-refractivity contribution is 5.96. The summed E-state index contributed by atoms with van der Waals surface area (Å²) >= 11 is 0. The van der Waals surface area contributed by atoms with Crippen LogP contribution in [0.2, 0.25) is 0 Å². The number of rotatable bonds is 5. The molecule has 3 N–H and O–H groups in total. The summed E-state index contributed by atoms with van der Waals surface area (Å²) in [6.07, 6.45) is 0.811. The minimum atomic E-state index is -0.270. The van der Waals surface area contributed by atoms with Crippen LogP contribution in [-0.2, 0) is 0 Å². The lowest BCUT2D eigenvalue weighted by Gasteiger charge is -2.16. The van der Waals surface area contributed by atoms with Gasteiger partial charge in [0.1, 0.15) is 5.75 Å². The molecule has 1 atom stereocenters. The van der Waals surface area contributed by atoms with Crippen molar-refractivity contribution < 1.29 is 14.2 Å². The summed E-state index contributed by atoms with van der Waals surface area (Å²) in [7, 11) is 1.64. The van der Waals surface area contributed by atoms with Gasteiger partial charge in [0.05, 0.1) is 7.11 Å². The summed E-state index contributed by atoms with van der Waals surface area (Å²) in [4.78, 5) is 19.0. The van der Waals surface area contributed by atoms with Crippen molar-refractivity contribution in [3.63, 3.8) is 0 Å². The van der Waals surface area contributed by atoms with Crippen molar-refractivity contribution in [2.75, 3.05) is 31.2 Å². The quantitative estimate of drug-likeness (QED) is 0.678. The second-order valence-corrected chi connectivity index (χ2v) is 7.01. The van der Waals surface area contributed by atoms with Gasteiger partial charge in [-0.2, -0.15) is 0 Å². The van der Waals surface area contributed by atoms with Crippen LogP contribution in [0, 0.1) is 6.92 Å². The third-order valence-corrected chi connectivity index (χ3v) is 4.94. The number of pyridine rings is 1. The monoisotopic (exact) mass is 394 g/mol. The van der Waals surface area contributed by atoms with Crippen molar-refractivity contribution in [2.45, 2.75) is 19.3 Å². The largest absolute Gasteiger partial charge is 0.497 e. The van der Waals surface area contributed by atoms with Crippen molar-refractivity contribution in [3.8, 4) is 5.75 Å². The third-order valence-electron chi connectivity index (χ3n) is 4.94. The zero-order valence-corrected chi connectivity index (χ0v) is 16.3. The van der Waals surface area contributed by atoms with Gasteiger partial charge in [0.15, 0.2) is 0 Å².